The molecule has 184 valence electrons. The number of nitrogens with one attached hydrogen (secondary N) is 1. The summed E-state index contributed by atoms with van der Waals surface area (Å²) in [5.41, 5.74) is 2.52. The minimum atomic E-state index is -0.755. The van der Waals surface area contributed by atoms with Crippen molar-refractivity contribution in [1.29, 1.82) is 0 Å². The number of rotatable bonds is 10. The van der Waals surface area contributed by atoms with Crippen molar-refractivity contribution >= 4 is 46.6 Å². The summed E-state index contributed by atoms with van der Waals surface area (Å²) < 4.78 is 5.78. The SMILES string of the molecule is CCNC(=O)C(Cc1ccccc1)N(Cc1ccc(Cl)c(Cl)c1)C(=O)COc1ccc(Cl)c(C)c1. The standard InChI is InChI=1S/C27H27Cl3N2O3/c1-3-31-27(34)25(15-19-7-5-4-6-8-19)32(16-20-9-11-23(29)24(30)14-20)26(33)17-35-21-10-12-22(28)18(2)13-21/h4-14,25H,3,15-17H2,1-2H3,(H,31,34). The summed E-state index contributed by atoms with van der Waals surface area (Å²) in [5.74, 6) is -0.0599. The number of ether oxygens (including phenoxy) is 1. The molecule has 8 heteroatoms. The molecule has 0 saturated heterocycles. The zero-order valence-corrected chi connectivity index (χ0v) is 21.8. The van der Waals surface area contributed by atoms with Gasteiger partial charge < -0.3 is 15.0 Å². The molecule has 0 radical (unpaired) electrons. The zero-order chi connectivity index (χ0) is 25.4. The van der Waals surface area contributed by atoms with Crippen molar-refractivity contribution in [3.05, 3.63) is 98.5 Å². The highest BCUT2D eigenvalue weighted by Gasteiger charge is 2.30. The van der Waals surface area contributed by atoms with Gasteiger partial charge in [0.05, 0.1) is 10.0 Å². The summed E-state index contributed by atoms with van der Waals surface area (Å²) in [7, 11) is 0. The summed E-state index contributed by atoms with van der Waals surface area (Å²) in [6, 6.07) is 19.2. The van der Waals surface area contributed by atoms with Gasteiger partial charge in [-0.05, 0) is 60.9 Å². The van der Waals surface area contributed by atoms with Gasteiger partial charge in [0.1, 0.15) is 11.8 Å². The molecule has 0 spiro atoms. The van der Waals surface area contributed by atoms with Crippen LogP contribution in [-0.4, -0.2) is 35.9 Å². The monoisotopic (exact) mass is 532 g/mol. The second-order valence-electron chi connectivity index (χ2n) is 8.07. The Labute approximate surface area is 220 Å². The Morgan fingerprint density at radius 1 is 0.914 bits per heavy atom. The van der Waals surface area contributed by atoms with Gasteiger partial charge in [-0.2, -0.15) is 0 Å². The van der Waals surface area contributed by atoms with Crippen molar-refractivity contribution in [2.24, 2.45) is 0 Å². The van der Waals surface area contributed by atoms with Crippen LogP contribution in [0.2, 0.25) is 15.1 Å². The molecule has 0 aliphatic rings. The Bertz CT molecular complexity index is 1170. The quantitative estimate of drug-likeness (QED) is 0.342. The second kappa shape index (κ2) is 12.8. The molecular formula is C27H27Cl3N2O3. The predicted molar refractivity (Wildman–Crippen MR) is 141 cm³/mol. The number of amides is 2. The van der Waals surface area contributed by atoms with Gasteiger partial charge in [0.2, 0.25) is 5.91 Å². The molecular weight excluding hydrogens is 507 g/mol. The number of aryl methyl sites for hydroxylation is 1. The summed E-state index contributed by atoms with van der Waals surface area (Å²) >= 11 is 18.4. The van der Waals surface area contributed by atoms with E-state index in [2.05, 4.69) is 5.32 Å². The largest absolute Gasteiger partial charge is 0.484 e. The Balaban J connectivity index is 1.91. The Morgan fingerprint density at radius 2 is 1.63 bits per heavy atom. The second-order valence-corrected chi connectivity index (χ2v) is 9.29. The van der Waals surface area contributed by atoms with Gasteiger partial charge in [0, 0.05) is 24.5 Å². The molecule has 2 amide bonds. The molecule has 0 aliphatic carbocycles. The number of hydrogen-bond donors (Lipinski definition) is 1. The first-order valence-corrected chi connectivity index (χ1v) is 12.4. The minimum absolute atomic E-state index is 0.160. The van der Waals surface area contributed by atoms with Gasteiger partial charge >= 0.3 is 0 Å². The molecule has 0 aromatic heterocycles. The van der Waals surface area contributed by atoms with Crippen LogP contribution in [0.3, 0.4) is 0 Å². The lowest BCUT2D eigenvalue weighted by Crippen LogP contribution is -2.51. The molecule has 35 heavy (non-hydrogen) atoms. The van der Waals surface area contributed by atoms with Crippen LogP contribution in [-0.2, 0) is 22.6 Å². The first kappa shape index (κ1) is 26.9. The van der Waals surface area contributed by atoms with E-state index >= 15 is 0 Å². The summed E-state index contributed by atoms with van der Waals surface area (Å²) in [6.45, 7) is 4.06. The van der Waals surface area contributed by atoms with E-state index in [-0.39, 0.29) is 25.0 Å². The zero-order valence-electron chi connectivity index (χ0n) is 19.6. The van der Waals surface area contributed by atoms with E-state index in [4.69, 9.17) is 39.5 Å². The fourth-order valence-electron chi connectivity index (χ4n) is 3.62. The van der Waals surface area contributed by atoms with Crippen LogP contribution in [0.15, 0.2) is 66.7 Å². The predicted octanol–water partition coefficient (Wildman–Crippen LogP) is 6.11. The third-order valence-corrected chi connectivity index (χ3v) is 6.61. The third-order valence-electron chi connectivity index (χ3n) is 5.45. The molecule has 5 nitrogen and oxygen atoms in total. The van der Waals surface area contributed by atoms with E-state index in [1.54, 1.807) is 36.4 Å². The van der Waals surface area contributed by atoms with Crippen LogP contribution in [0.4, 0.5) is 0 Å². The fourth-order valence-corrected chi connectivity index (χ4v) is 4.05. The molecule has 0 heterocycles. The van der Waals surface area contributed by atoms with Crippen molar-refractivity contribution in [1.82, 2.24) is 10.2 Å². The van der Waals surface area contributed by atoms with Gasteiger partial charge in [0.25, 0.3) is 5.91 Å². The van der Waals surface area contributed by atoms with E-state index in [0.717, 1.165) is 16.7 Å². The van der Waals surface area contributed by atoms with Crippen LogP contribution < -0.4 is 10.1 Å². The van der Waals surface area contributed by atoms with Crippen molar-refractivity contribution in [2.45, 2.75) is 32.9 Å². The molecule has 0 aliphatic heterocycles. The van der Waals surface area contributed by atoms with Crippen LogP contribution >= 0.6 is 34.8 Å². The molecule has 3 aromatic carbocycles. The third kappa shape index (κ3) is 7.63. The molecule has 1 atom stereocenters. The van der Waals surface area contributed by atoms with E-state index in [0.29, 0.717) is 33.8 Å². The Kier molecular flexibility index (Phi) is 9.84. The Morgan fingerprint density at radius 3 is 2.29 bits per heavy atom. The normalized spacial score (nSPS) is 11.6. The maximum absolute atomic E-state index is 13.5. The van der Waals surface area contributed by atoms with E-state index < -0.39 is 6.04 Å². The van der Waals surface area contributed by atoms with Gasteiger partial charge in [0.15, 0.2) is 6.61 Å². The average Bonchev–Trinajstić information content (AvgIpc) is 2.84. The topological polar surface area (TPSA) is 58.6 Å². The summed E-state index contributed by atoms with van der Waals surface area (Å²) in [6.07, 6.45) is 0.347. The number of halogens is 3. The number of carbonyl (C=O) groups is 2. The maximum atomic E-state index is 13.5. The van der Waals surface area contributed by atoms with Crippen molar-refractivity contribution in [3.63, 3.8) is 0 Å². The Hall–Kier alpha value is -2.73. The maximum Gasteiger partial charge on any atom is 0.261 e. The van der Waals surface area contributed by atoms with Gasteiger partial charge in [-0.15, -0.1) is 0 Å². The lowest BCUT2D eigenvalue weighted by atomic mass is 10.0. The van der Waals surface area contributed by atoms with Gasteiger partial charge in [-0.3, -0.25) is 9.59 Å². The summed E-state index contributed by atoms with van der Waals surface area (Å²) in [5, 5.41) is 4.27. The first-order chi connectivity index (χ1) is 16.8. The van der Waals surface area contributed by atoms with Gasteiger partial charge in [-0.25, -0.2) is 0 Å². The van der Waals surface area contributed by atoms with Gasteiger partial charge in [-0.1, -0.05) is 71.2 Å². The molecule has 3 aromatic rings. The highest BCUT2D eigenvalue weighted by atomic mass is 35.5. The molecule has 0 fully saturated rings. The van der Waals surface area contributed by atoms with Crippen molar-refractivity contribution < 1.29 is 14.3 Å². The van der Waals surface area contributed by atoms with Crippen molar-refractivity contribution in [2.75, 3.05) is 13.2 Å². The lowest BCUT2D eigenvalue weighted by molar-refractivity contribution is -0.142. The van der Waals surface area contributed by atoms with E-state index in [1.807, 2.05) is 44.2 Å². The number of hydrogen-bond acceptors (Lipinski definition) is 3. The molecule has 1 unspecified atom stereocenters. The number of likely N-dealkylation sites (N-methyl/N-ethyl adjacent to an activating group) is 1. The molecule has 0 bridgehead atoms. The number of benzene rings is 3. The van der Waals surface area contributed by atoms with E-state index in [1.165, 1.54) is 4.90 Å². The first-order valence-electron chi connectivity index (χ1n) is 11.2. The van der Waals surface area contributed by atoms with Crippen LogP contribution in [0, 0.1) is 6.92 Å². The van der Waals surface area contributed by atoms with Crippen molar-refractivity contribution in [3.8, 4) is 5.75 Å². The fraction of sp³-hybridized carbons (Fsp3) is 0.259. The minimum Gasteiger partial charge on any atom is -0.484 e. The highest BCUT2D eigenvalue weighted by Crippen LogP contribution is 2.25. The lowest BCUT2D eigenvalue weighted by Gasteiger charge is -2.31. The average molecular weight is 534 g/mol. The molecule has 1 N–H and O–H groups in total. The van der Waals surface area contributed by atoms with E-state index in [9.17, 15) is 9.59 Å². The smallest absolute Gasteiger partial charge is 0.261 e. The number of carbonyl (C=O) groups excluding carboxylic acids is 2. The number of nitrogens with zero attached hydrogens (tertiary/aromatic N) is 1. The van der Waals surface area contributed by atoms with Crippen LogP contribution in [0.5, 0.6) is 5.75 Å². The molecule has 3 rings (SSSR count). The highest BCUT2D eigenvalue weighted by molar-refractivity contribution is 6.42. The van der Waals surface area contributed by atoms with Crippen LogP contribution in [0.1, 0.15) is 23.6 Å². The van der Waals surface area contributed by atoms with Crippen LogP contribution in [0.25, 0.3) is 0 Å². The molecule has 0 saturated carbocycles. The summed E-state index contributed by atoms with van der Waals surface area (Å²) in [4.78, 5) is 28.2.